The Balaban J connectivity index is 2.58. The van der Waals surface area contributed by atoms with Gasteiger partial charge in [-0.15, -0.1) is 11.8 Å². The molecule has 74 valence electrons. The van der Waals surface area contributed by atoms with E-state index in [1.54, 1.807) is 0 Å². The highest BCUT2D eigenvalue weighted by molar-refractivity contribution is 7.99. The minimum atomic E-state index is -0.925. The Hall–Kier alpha value is -1.22. The number of rotatable bonds is 4. The average Bonchev–Trinajstić information content (AvgIpc) is 2.16. The molecule has 14 heavy (non-hydrogen) atoms. The van der Waals surface area contributed by atoms with E-state index in [0.29, 0.717) is 5.75 Å². The molecular formula is C11H12O2S. The normalized spacial score (nSPS) is 9.79. The van der Waals surface area contributed by atoms with Gasteiger partial charge >= 0.3 is 5.97 Å². The van der Waals surface area contributed by atoms with Crippen LogP contribution in [0.2, 0.25) is 0 Å². The first-order valence-electron chi connectivity index (χ1n) is 4.20. The maximum atomic E-state index is 10.5. The fraction of sp³-hybridized carbons (Fsp3) is 0.182. The van der Waals surface area contributed by atoms with Crippen LogP contribution in [0.15, 0.2) is 41.3 Å². The molecule has 1 aromatic carbocycles. The molecule has 1 aromatic rings. The first-order chi connectivity index (χ1) is 6.61. The molecule has 0 saturated carbocycles. The lowest BCUT2D eigenvalue weighted by molar-refractivity contribution is -0.132. The van der Waals surface area contributed by atoms with Crippen LogP contribution < -0.4 is 0 Å². The van der Waals surface area contributed by atoms with E-state index in [2.05, 4.69) is 6.58 Å². The number of aryl methyl sites for hydroxylation is 1. The molecule has 0 aliphatic rings. The number of carboxylic acids is 1. The first-order valence-corrected chi connectivity index (χ1v) is 5.19. The third kappa shape index (κ3) is 2.92. The van der Waals surface area contributed by atoms with Gasteiger partial charge in [0.05, 0.1) is 0 Å². The summed E-state index contributed by atoms with van der Waals surface area (Å²) in [6.45, 7) is 5.48. The van der Waals surface area contributed by atoms with Crippen LogP contribution in [0, 0.1) is 6.92 Å². The van der Waals surface area contributed by atoms with E-state index in [1.807, 2.05) is 31.2 Å². The lowest BCUT2D eigenvalue weighted by Gasteiger charge is -2.04. The second-order valence-corrected chi connectivity index (χ2v) is 3.98. The summed E-state index contributed by atoms with van der Waals surface area (Å²) in [5, 5.41) is 8.62. The number of hydrogen-bond donors (Lipinski definition) is 1. The molecule has 0 fully saturated rings. The Morgan fingerprint density at radius 1 is 1.50 bits per heavy atom. The third-order valence-corrected chi connectivity index (χ3v) is 3.06. The fourth-order valence-electron chi connectivity index (χ4n) is 0.945. The highest BCUT2D eigenvalue weighted by Gasteiger charge is 2.05. The Kier molecular flexibility index (Phi) is 3.77. The van der Waals surface area contributed by atoms with Crippen molar-refractivity contribution in [2.45, 2.75) is 11.8 Å². The predicted molar refractivity (Wildman–Crippen MR) is 58.7 cm³/mol. The number of hydrogen-bond acceptors (Lipinski definition) is 2. The van der Waals surface area contributed by atoms with Crippen molar-refractivity contribution in [3.05, 3.63) is 42.0 Å². The minimum Gasteiger partial charge on any atom is -0.478 e. The molecule has 0 amide bonds. The summed E-state index contributed by atoms with van der Waals surface area (Å²) in [6.07, 6.45) is 0. The maximum absolute atomic E-state index is 10.5. The Morgan fingerprint density at radius 3 is 2.71 bits per heavy atom. The van der Waals surface area contributed by atoms with Gasteiger partial charge in [0.25, 0.3) is 0 Å². The molecule has 0 saturated heterocycles. The van der Waals surface area contributed by atoms with Gasteiger partial charge in [0.15, 0.2) is 0 Å². The maximum Gasteiger partial charge on any atom is 0.331 e. The SMILES string of the molecule is C=C(CSc1ccccc1C)C(=O)O. The molecule has 0 spiro atoms. The standard InChI is InChI=1S/C11H12O2S/c1-8-5-3-4-6-10(8)14-7-9(2)11(12)13/h3-6H,2,7H2,1H3,(H,12,13). The number of benzene rings is 1. The van der Waals surface area contributed by atoms with Gasteiger partial charge in [0.2, 0.25) is 0 Å². The number of thioether (sulfide) groups is 1. The van der Waals surface area contributed by atoms with Crippen LogP contribution in [-0.2, 0) is 4.79 Å². The van der Waals surface area contributed by atoms with Crippen molar-refractivity contribution in [2.75, 3.05) is 5.75 Å². The van der Waals surface area contributed by atoms with Gasteiger partial charge in [-0.2, -0.15) is 0 Å². The van der Waals surface area contributed by atoms with Crippen molar-refractivity contribution >= 4 is 17.7 Å². The molecule has 0 atom stereocenters. The molecule has 0 aliphatic carbocycles. The second-order valence-electron chi connectivity index (χ2n) is 2.96. The van der Waals surface area contributed by atoms with Crippen LogP contribution in [-0.4, -0.2) is 16.8 Å². The van der Waals surface area contributed by atoms with Crippen molar-refractivity contribution in [3.8, 4) is 0 Å². The molecule has 0 heterocycles. The van der Waals surface area contributed by atoms with Crippen LogP contribution in [0.3, 0.4) is 0 Å². The fourth-order valence-corrected chi connectivity index (χ4v) is 1.87. The van der Waals surface area contributed by atoms with Gasteiger partial charge in [0, 0.05) is 16.2 Å². The van der Waals surface area contributed by atoms with Crippen LogP contribution in [0.4, 0.5) is 0 Å². The lowest BCUT2D eigenvalue weighted by atomic mass is 10.2. The van der Waals surface area contributed by atoms with Crippen LogP contribution >= 0.6 is 11.8 Å². The summed E-state index contributed by atoms with van der Waals surface area (Å²) < 4.78 is 0. The summed E-state index contributed by atoms with van der Waals surface area (Å²) in [5.74, 6) is -0.494. The summed E-state index contributed by atoms with van der Waals surface area (Å²) in [4.78, 5) is 11.6. The predicted octanol–water partition coefficient (Wildman–Crippen LogP) is 2.73. The molecule has 0 bridgehead atoms. The highest BCUT2D eigenvalue weighted by Crippen LogP contribution is 2.23. The van der Waals surface area contributed by atoms with Crippen molar-refractivity contribution in [1.82, 2.24) is 0 Å². The zero-order valence-corrected chi connectivity index (χ0v) is 8.80. The molecule has 2 nitrogen and oxygen atoms in total. The summed E-state index contributed by atoms with van der Waals surface area (Å²) >= 11 is 1.50. The van der Waals surface area contributed by atoms with Gasteiger partial charge in [-0.05, 0) is 18.6 Å². The van der Waals surface area contributed by atoms with Gasteiger partial charge in [0.1, 0.15) is 0 Å². The molecule has 3 heteroatoms. The largest absolute Gasteiger partial charge is 0.478 e. The van der Waals surface area contributed by atoms with E-state index in [0.717, 1.165) is 10.5 Å². The molecule has 1 rings (SSSR count). The third-order valence-electron chi connectivity index (χ3n) is 1.80. The van der Waals surface area contributed by atoms with Gasteiger partial charge in [-0.25, -0.2) is 4.79 Å². The highest BCUT2D eigenvalue weighted by atomic mass is 32.2. The molecule has 0 aromatic heterocycles. The lowest BCUT2D eigenvalue weighted by Crippen LogP contribution is -2.01. The van der Waals surface area contributed by atoms with E-state index in [1.165, 1.54) is 11.8 Å². The number of aliphatic carboxylic acids is 1. The van der Waals surface area contributed by atoms with Crippen molar-refractivity contribution in [3.63, 3.8) is 0 Å². The van der Waals surface area contributed by atoms with E-state index >= 15 is 0 Å². The first kappa shape index (κ1) is 10.9. The van der Waals surface area contributed by atoms with Gasteiger partial charge < -0.3 is 5.11 Å². The van der Waals surface area contributed by atoms with Crippen LogP contribution in [0.25, 0.3) is 0 Å². The van der Waals surface area contributed by atoms with E-state index in [-0.39, 0.29) is 5.57 Å². The molecule has 0 radical (unpaired) electrons. The number of carboxylic acid groups (broad SMARTS) is 1. The Labute approximate surface area is 87.6 Å². The van der Waals surface area contributed by atoms with Gasteiger partial charge in [-0.3, -0.25) is 0 Å². The zero-order chi connectivity index (χ0) is 10.6. The monoisotopic (exact) mass is 208 g/mol. The molecule has 1 N–H and O–H groups in total. The van der Waals surface area contributed by atoms with E-state index in [4.69, 9.17) is 5.11 Å². The molecule has 0 aliphatic heterocycles. The Bertz CT molecular complexity index is 358. The van der Waals surface area contributed by atoms with Crippen molar-refractivity contribution in [1.29, 1.82) is 0 Å². The average molecular weight is 208 g/mol. The van der Waals surface area contributed by atoms with Crippen LogP contribution in [0.5, 0.6) is 0 Å². The number of carbonyl (C=O) groups is 1. The summed E-state index contributed by atoms with van der Waals surface area (Å²) in [7, 11) is 0. The van der Waals surface area contributed by atoms with Crippen molar-refractivity contribution in [2.24, 2.45) is 0 Å². The smallest absolute Gasteiger partial charge is 0.331 e. The van der Waals surface area contributed by atoms with Gasteiger partial charge in [-0.1, -0.05) is 24.8 Å². The van der Waals surface area contributed by atoms with E-state index in [9.17, 15) is 4.79 Å². The summed E-state index contributed by atoms with van der Waals surface area (Å²) in [6, 6.07) is 7.89. The molecular weight excluding hydrogens is 196 g/mol. The van der Waals surface area contributed by atoms with Crippen LogP contribution in [0.1, 0.15) is 5.56 Å². The Morgan fingerprint density at radius 2 is 2.14 bits per heavy atom. The second kappa shape index (κ2) is 4.86. The van der Waals surface area contributed by atoms with E-state index < -0.39 is 5.97 Å². The quantitative estimate of drug-likeness (QED) is 0.610. The summed E-state index contributed by atoms with van der Waals surface area (Å²) in [5.41, 5.74) is 1.40. The minimum absolute atomic E-state index is 0.234. The van der Waals surface area contributed by atoms with Crippen molar-refractivity contribution < 1.29 is 9.90 Å². The zero-order valence-electron chi connectivity index (χ0n) is 7.99. The molecule has 0 unspecified atom stereocenters. The topological polar surface area (TPSA) is 37.3 Å².